The van der Waals surface area contributed by atoms with E-state index in [1.807, 2.05) is 12.1 Å². The molecule has 0 radical (unpaired) electrons. The standard InChI is InChI=1S/C10H11N5/c11-4-8-6-14-10(15-9(8)12)7-2-1-3-13-5-7/h1-3,5-6H,4,11H2,(H2,12,14,15). The van der Waals surface area contributed by atoms with E-state index >= 15 is 0 Å². The van der Waals surface area contributed by atoms with Gasteiger partial charge in [-0.15, -0.1) is 0 Å². The van der Waals surface area contributed by atoms with Crippen molar-refractivity contribution >= 4 is 5.82 Å². The van der Waals surface area contributed by atoms with Gasteiger partial charge in [0.25, 0.3) is 0 Å². The lowest BCUT2D eigenvalue weighted by molar-refractivity contribution is 1.02. The fourth-order valence-electron chi connectivity index (χ4n) is 1.21. The summed E-state index contributed by atoms with van der Waals surface area (Å²) >= 11 is 0. The lowest BCUT2D eigenvalue weighted by Gasteiger charge is -2.03. The number of nitrogens with zero attached hydrogens (tertiary/aromatic N) is 3. The summed E-state index contributed by atoms with van der Waals surface area (Å²) in [5.74, 6) is 0.990. The molecule has 0 aromatic carbocycles. The Balaban J connectivity index is 2.43. The van der Waals surface area contributed by atoms with E-state index in [1.54, 1.807) is 18.6 Å². The van der Waals surface area contributed by atoms with Crippen LogP contribution in [0.3, 0.4) is 0 Å². The van der Waals surface area contributed by atoms with Crippen LogP contribution in [0.1, 0.15) is 5.56 Å². The minimum absolute atomic E-state index is 0.346. The Hall–Kier alpha value is -2.01. The highest BCUT2D eigenvalue weighted by molar-refractivity contribution is 5.56. The van der Waals surface area contributed by atoms with E-state index in [4.69, 9.17) is 11.5 Å². The second-order valence-corrected chi connectivity index (χ2v) is 3.05. The third-order valence-electron chi connectivity index (χ3n) is 2.04. The maximum Gasteiger partial charge on any atom is 0.163 e. The summed E-state index contributed by atoms with van der Waals surface area (Å²) in [6.45, 7) is 0.346. The molecule has 5 nitrogen and oxygen atoms in total. The number of pyridine rings is 1. The van der Waals surface area contributed by atoms with Gasteiger partial charge in [0.1, 0.15) is 5.82 Å². The predicted molar refractivity (Wildman–Crippen MR) is 57.6 cm³/mol. The molecule has 0 aliphatic carbocycles. The van der Waals surface area contributed by atoms with Crippen molar-refractivity contribution in [3.63, 3.8) is 0 Å². The van der Waals surface area contributed by atoms with Crippen LogP contribution in [0.15, 0.2) is 30.7 Å². The molecule has 2 aromatic heterocycles. The van der Waals surface area contributed by atoms with Gasteiger partial charge in [0.15, 0.2) is 5.82 Å². The lowest BCUT2D eigenvalue weighted by Crippen LogP contribution is -2.05. The molecular formula is C10H11N5. The molecule has 0 bridgehead atoms. The molecule has 0 saturated heterocycles. The molecule has 0 saturated carbocycles. The smallest absolute Gasteiger partial charge is 0.163 e. The SMILES string of the molecule is NCc1cnc(-c2cccnc2)nc1N. The van der Waals surface area contributed by atoms with Crippen molar-refractivity contribution in [1.82, 2.24) is 15.0 Å². The Morgan fingerprint density at radius 1 is 1.27 bits per heavy atom. The van der Waals surface area contributed by atoms with E-state index in [0.717, 1.165) is 11.1 Å². The monoisotopic (exact) mass is 201 g/mol. The highest BCUT2D eigenvalue weighted by atomic mass is 14.9. The summed E-state index contributed by atoms with van der Waals surface area (Å²) in [5.41, 5.74) is 12.8. The van der Waals surface area contributed by atoms with E-state index in [-0.39, 0.29) is 0 Å². The number of hydrogen-bond acceptors (Lipinski definition) is 5. The predicted octanol–water partition coefficient (Wildman–Crippen LogP) is 0.579. The van der Waals surface area contributed by atoms with Gasteiger partial charge in [-0.25, -0.2) is 9.97 Å². The number of aromatic nitrogens is 3. The molecule has 15 heavy (non-hydrogen) atoms. The molecule has 76 valence electrons. The summed E-state index contributed by atoms with van der Waals surface area (Å²) in [7, 11) is 0. The topological polar surface area (TPSA) is 90.7 Å². The fourth-order valence-corrected chi connectivity index (χ4v) is 1.21. The summed E-state index contributed by atoms with van der Waals surface area (Å²) in [4.78, 5) is 12.3. The van der Waals surface area contributed by atoms with Crippen molar-refractivity contribution in [3.05, 3.63) is 36.3 Å². The zero-order chi connectivity index (χ0) is 10.7. The molecule has 0 spiro atoms. The molecule has 0 fully saturated rings. The van der Waals surface area contributed by atoms with Crippen LogP contribution in [0.2, 0.25) is 0 Å². The maximum absolute atomic E-state index is 5.72. The first kappa shape index (κ1) is 9.54. The highest BCUT2D eigenvalue weighted by Crippen LogP contribution is 2.15. The summed E-state index contributed by atoms with van der Waals surface area (Å²) < 4.78 is 0. The first-order valence-electron chi connectivity index (χ1n) is 4.53. The van der Waals surface area contributed by atoms with Crippen molar-refractivity contribution in [1.29, 1.82) is 0 Å². The number of hydrogen-bond donors (Lipinski definition) is 2. The van der Waals surface area contributed by atoms with Gasteiger partial charge in [-0.2, -0.15) is 0 Å². The minimum Gasteiger partial charge on any atom is -0.383 e. The molecule has 2 aromatic rings. The molecule has 2 heterocycles. The van der Waals surface area contributed by atoms with Gasteiger partial charge in [0.2, 0.25) is 0 Å². The molecule has 0 atom stereocenters. The van der Waals surface area contributed by atoms with Crippen molar-refractivity contribution < 1.29 is 0 Å². The summed E-state index contributed by atoms with van der Waals surface area (Å²) in [6, 6.07) is 3.70. The zero-order valence-electron chi connectivity index (χ0n) is 8.09. The molecule has 0 aliphatic heterocycles. The van der Waals surface area contributed by atoms with Gasteiger partial charge in [0, 0.05) is 36.3 Å². The van der Waals surface area contributed by atoms with Crippen LogP contribution in [0, 0.1) is 0 Å². The van der Waals surface area contributed by atoms with Gasteiger partial charge in [-0.1, -0.05) is 0 Å². The van der Waals surface area contributed by atoms with Crippen LogP contribution >= 0.6 is 0 Å². The first-order chi connectivity index (χ1) is 7.31. The zero-order valence-corrected chi connectivity index (χ0v) is 8.09. The molecule has 0 aliphatic rings. The quantitative estimate of drug-likeness (QED) is 0.741. The normalized spacial score (nSPS) is 10.2. The largest absolute Gasteiger partial charge is 0.383 e. The average molecular weight is 201 g/mol. The van der Waals surface area contributed by atoms with E-state index in [1.165, 1.54) is 0 Å². The number of nitrogen functional groups attached to an aromatic ring is 1. The Kier molecular flexibility index (Phi) is 2.55. The Labute approximate surface area is 87.2 Å². The van der Waals surface area contributed by atoms with Gasteiger partial charge < -0.3 is 11.5 Å². The van der Waals surface area contributed by atoms with Gasteiger partial charge in [0.05, 0.1) is 0 Å². The second kappa shape index (κ2) is 4.02. The molecule has 0 unspecified atom stereocenters. The minimum atomic E-state index is 0.346. The Morgan fingerprint density at radius 3 is 2.73 bits per heavy atom. The van der Waals surface area contributed by atoms with Crippen molar-refractivity contribution in [2.24, 2.45) is 5.73 Å². The summed E-state index contributed by atoms with van der Waals surface area (Å²) in [5, 5.41) is 0. The third kappa shape index (κ3) is 1.92. The number of rotatable bonds is 2. The Morgan fingerprint density at radius 2 is 2.13 bits per heavy atom. The van der Waals surface area contributed by atoms with Crippen LogP contribution in [-0.4, -0.2) is 15.0 Å². The van der Waals surface area contributed by atoms with Crippen LogP contribution in [-0.2, 0) is 6.54 Å². The Bertz CT molecular complexity index is 455. The van der Waals surface area contributed by atoms with E-state index in [2.05, 4.69) is 15.0 Å². The van der Waals surface area contributed by atoms with Crippen LogP contribution in [0.25, 0.3) is 11.4 Å². The molecule has 5 heteroatoms. The van der Waals surface area contributed by atoms with Gasteiger partial charge in [-0.05, 0) is 12.1 Å². The van der Waals surface area contributed by atoms with Gasteiger partial charge in [-0.3, -0.25) is 4.98 Å². The first-order valence-corrected chi connectivity index (χ1v) is 4.53. The van der Waals surface area contributed by atoms with Crippen LogP contribution in [0.4, 0.5) is 5.82 Å². The highest BCUT2D eigenvalue weighted by Gasteiger charge is 2.04. The molecule has 4 N–H and O–H groups in total. The van der Waals surface area contributed by atoms with E-state index in [0.29, 0.717) is 18.2 Å². The van der Waals surface area contributed by atoms with E-state index in [9.17, 15) is 0 Å². The summed E-state index contributed by atoms with van der Waals surface area (Å²) in [6.07, 6.45) is 5.03. The number of anilines is 1. The maximum atomic E-state index is 5.72. The van der Waals surface area contributed by atoms with Crippen LogP contribution < -0.4 is 11.5 Å². The van der Waals surface area contributed by atoms with E-state index < -0.39 is 0 Å². The van der Waals surface area contributed by atoms with Crippen molar-refractivity contribution in [2.45, 2.75) is 6.54 Å². The van der Waals surface area contributed by atoms with Gasteiger partial charge >= 0.3 is 0 Å². The van der Waals surface area contributed by atoms with Crippen molar-refractivity contribution in [2.75, 3.05) is 5.73 Å². The average Bonchev–Trinajstić information content (AvgIpc) is 2.30. The second-order valence-electron chi connectivity index (χ2n) is 3.05. The molecule has 2 rings (SSSR count). The lowest BCUT2D eigenvalue weighted by atomic mass is 10.2. The van der Waals surface area contributed by atoms with Crippen LogP contribution in [0.5, 0.6) is 0 Å². The van der Waals surface area contributed by atoms with Crippen molar-refractivity contribution in [3.8, 4) is 11.4 Å². The third-order valence-corrected chi connectivity index (χ3v) is 2.04. The number of nitrogens with two attached hydrogens (primary N) is 2. The fraction of sp³-hybridized carbons (Fsp3) is 0.100. The molecular weight excluding hydrogens is 190 g/mol. The molecule has 0 amide bonds.